The van der Waals surface area contributed by atoms with E-state index in [-0.39, 0.29) is 12.5 Å². The molecule has 0 rings (SSSR count). The molecule has 2 N–H and O–H groups in total. The highest BCUT2D eigenvalue weighted by Gasteiger charge is 2.23. The number of amides is 1. The first-order valence-corrected chi connectivity index (χ1v) is 31.2. The monoisotopic (exact) mass is 1040 g/mol. The van der Waals surface area contributed by atoms with E-state index in [1.807, 2.05) is 27.2 Å². The lowest BCUT2D eigenvalue weighted by Crippen LogP contribution is -2.45. The lowest BCUT2D eigenvalue weighted by Gasteiger charge is -2.29. The van der Waals surface area contributed by atoms with Gasteiger partial charge < -0.3 is 28.8 Å². The number of allylic oxidation sites excluding steroid dienone is 17. The molecule has 0 saturated carbocycles. The minimum absolute atomic E-state index is 0.0164. The number of hydrogen-bond donors (Lipinski definition) is 2. The summed E-state index contributed by atoms with van der Waals surface area (Å²) in [7, 11) is 1.22. The molecular weight excluding hydrogens is 924 g/mol. The molecule has 73 heavy (non-hydrogen) atoms. The van der Waals surface area contributed by atoms with E-state index in [9.17, 15) is 19.4 Å². The lowest BCUT2D eigenvalue weighted by atomic mass is 10.0. The Balaban J connectivity index is 4.33. The molecule has 0 aliphatic heterocycles. The summed E-state index contributed by atoms with van der Waals surface area (Å²) in [5.74, 6) is -0.229. The van der Waals surface area contributed by atoms with Crippen LogP contribution in [0.25, 0.3) is 0 Å². The average Bonchev–Trinajstić information content (AvgIpc) is 3.35. The van der Waals surface area contributed by atoms with Crippen molar-refractivity contribution >= 4 is 13.7 Å². The number of nitrogens with one attached hydrogen (secondary N) is 1. The Morgan fingerprint density at radius 3 is 1.27 bits per heavy atom. The van der Waals surface area contributed by atoms with Gasteiger partial charge in [0.2, 0.25) is 5.91 Å². The number of aliphatic hydroxyl groups excluding tert-OH is 1. The van der Waals surface area contributed by atoms with Gasteiger partial charge in [0, 0.05) is 6.42 Å². The van der Waals surface area contributed by atoms with Crippen molar-refractivity contribution in [2.24, 2.45) is 0 Å². The summed E-state index contributed by atoms with van der Waals surface area (Å²) in [6.45, 7) is 4.50. The predicted molar refractivity (Wildman–Crippen MR) is 316 cm³/mol. The first-order valence-electron chi connectivity index (χ1n) is 29.7. The number of rotatable bonds is 53. The van der Waals surface area contributed by atoms with Crippen LogP contribution in [0.1, 0.15) is 239 Å². The van der Waals surface area contributed by atoms with Crippen molar-refractivity contribution in [2.75, 3.05) is 40.9 Å². The van der Waals surface area contributed by atoms with Gasteiger partial charge in [0.25, 0.3) is 7.82 Å². The van der Waals surface area contributed by atoms with Crippen LogP contribution < -0.4 is 10.2 Å². The van der Waals surface area contributed by atoms with Gasteiger partial charge in [-0.15, -0.1) is 0 Å². The molecule has 0 aromatic carbocycles. The summed E-state index contributed by atoms with van der Waals surface area (Å²) in [5, 5.41) is 13.9. The summed E-state index contributed by atoms with van der Waals surface area (Å²) >= 11 is 0. The van der Waals surface area contributed by atoms with Crippen LogP contribution in [-0.4, -0.2) is 68.5 Å². The number of unbranched alkanes of at least 4 members (excludes halogenated alkanes) is 24. The van der Waals surface area contributed by atoms with E-state index < -0.39 is 26.6 Å². The molecule has 0 saturated heterocycles. The molecule has 3 unspecified atom stereocenters. The summed E-state index contributed by atoms with van der Waals surface area (Å²) < 4.78 is 23.3. The van der Waals surface area contributed by atoms with Crippen molar-refractivity contribution in [3.8, 4) is 0 Å². The number of phosphoric ester groups is 1. The molecule has 9 heteroatoms. The maximum absolute atomic E-state index is 13.0. The van der Waals surface area contributed by atoms with Crippen molar-refractivity contribution < 1.29 is 32.9 Å². The zero-order valence-electron chi connectivity index (χ0n) is 47.8. The molecule has 0 bridgehead atoms. The Morgan fingerprint density at radius 2 is 0.849 bits per heavy atom. The first kappa shape index (κ1) is 70.2. The molecule has 8 nitrogen and oxygen atoms in total. The van der Waals surface area contributed by atoms with E-state index in [4.69, 9.17) is 9.05 Å². The van der Waals surface area contributed by atoms with Gasteiger partial charge in [0.05, 0.1) is 39.9 Å². The molecule has 3 atom stereocenters. The largest absolute Gasteiger partial charge is 0.756 e. The predicted octanol–water partition coefficient (Wildman–Crippen LogP) is 17.7. The van der Waals surface area contributed by atoms with Crippen LogP contribution in [0, 0.1) is 0 Å². The highest BCUT2D eigenvalue weighted by Crippen LogP contribution is 2.38. The van der Waals surface area contributed by atoms with E-state index in [0.29, 0.717) is 17.4 Å². The van der Waals surface area contributed by atoms with Gasteiger partial charge in [-0.05, 0) is 89.9 Å². The molecule has 0 heterocycles. The van der Waals surface area contributed by atoms with Crippen LogP contribution in [-0.2, 0) is 18.4 Å². The fourth-order valence-electron chi connectivity index (χ4n) is 8.09. The van der Waals surface area contributed by atoms with Crippen LogP contribution in [0.2, 0.25) is 0 Å². The smallest absolute Gasteiger partial charge is 0.268 e. The summed E-state index contributed by atoms with van der Waals surface area (Å²) in [6.07, 6.45) is 78.8. The highest BCUT2D eigenvalue weighted by molar-refractivity contribution is 7.45. The van der Waals surface area contributed by atoms with Crippen LogP contribution in [0.4, 0.5) is 0 Å². The molecule has 0 fully saturated rings. The minimum Gasteiger partial charge on any atom is -0.756 e. The number of phosphoric acid groups is 1. The van der Waals surface area contributed by atoms with E-state index >= 15 is 0 Å². The number of likely N-dealkylation sites (N-methyl/N-ethyl adjacent to an activating group) is 1. The molecule has 0 aromatic heterocycles. The topological polar surface area (TPSA) is 108 Å². The average molecular weight is 1040 g/mol. The van der Waals surface area contributed by atoms with Gasteiger partial charge in [-0.1, -0.05) is 252 Å². The number of hydrogen-bond acceptors (Lipinski definition) is 6. The molecule has 1 amide bonds. The van der Waals surface area contributed by atoms with Gasteiger partial charge in [0.15, 0.2) is 0 Å². The van der Waals surface area contributed by atoms with Crippen molar-refractivity contribution in [1.29, 1.82) is 0 Å². The van der Waals surface area contributed by atoms with Crippen LogP contribution in [0.5, 0.6) is 0 Å². The second-order valence-electron chi connectivity index (χ2n) is 21.0. The third-order valence-electron chi connectivity index (χ3n) is 12.7. The molecule has 0 aliphatic carbocycles. The van der Waals surface area contributed by atoms with Crippen molar-refractivity contribution in [3.63, 3.8) is 0 Å². The van der Waals surface area contributed by atoms with Gasteiger partial charge in [-0.2, -0.15) is 0 Å². The van der Waals surface area contributed by atoms with E-state index in [0.717, 1.165) is 103 Å². The van der Waals surface area contributed by atoms with Crippen LogP contribution in [0.3, 0.4) is 0 Å². The molecular formula is C64H113N2O6P. The zero-order chi connectivity index (χ0) is 53.5. The van der Waals surface area contributed by atoms with Gasteiger partial charge in [0.1, 0.15) is 13.2 Å². The highest BCUT2D eigenvalue weighted by atomic mass is 31.2. The SMILES string of the molecule is CC/C=C\C/C=C\C/C=C\C/C=C\C/C=C\C/C=C\C/C=C\CCCCCCCC(=O)NC(COP(=O)([O-])OCC[N+](C)(C)C)C(O)/C=C/CC/C=C/CCCCCCCCCCCCCCCCCCCC. The summed E-state index contributed by atoms with van der Waals surface area (Å²) in [6, 6.07) is -0.923. The van der Waals surface area contributed by atoms with Crippen molar-refractivity contribution in [2.45, 2.75) is 251 Å². The second kappa shape index (κ2) is 54.0. The van der Waals surface area contributed by atoms with Gasteiger partial charge in [-0.3, -0.25) is 9.36 Å². The Hall–Kier alpha value is -2.84. The molecule has 0 aliphatic rings. The van der Waals surface area contributed by atoms with E-state index in [1.54, 1.807) is 6.08 Å². The van der Waals surface area contributed by atoms with Crippen LogP contribution >= 0.6 is 7.82 Å². The fraction of sp³-hybridized carbons (Fsp3) is 0.703. The van der Waals surface area contributed by atoms with E-state index in [1.165, 1.54) is 116 Å². The van der Waals surface area contributed by atoms with E-state index in [2.05, 4.69) is 116 Å². The maximum atomic E-state index is 13.0. The zero-order valence-corrected chi connectivity index (χ0v) is 48.7. The molecule has 0 spiro atoms. The third kappa shape index (κ3) is 56.7. The quantitative estimate of drug-likeness (QED) is 0.0272. The van der Waals surface area contributed by atoms with Crippen LogP contribution in [0.15, 0.2) is 109 Å². The Kier molecular flexibility index (Phi) is 51.9. The summed E-state index contributed by atoms with van der Waals surface area (Å²) in [4.78, 5) is 25.5. The van der Waals surface area contributed by atoms with Gasteiger partial charge in [-0.25, -0.2) is 0 Å². The minimum atomic E-state index is -4.62. The molecule has 0 aromatic rings. The van der Waals surface area contributed by atoms with Crippen molar-refractivity contribution in [1.82, 2.24) is 5.32 Å². The molecule has 0 radical (unpaired) electrons. The summed E-state index contributed by atoms with van der Waals surface area (Å²) in [5.41, 5.74) is 0. The Morgan fingerprint density at radius 1 is 0.493 bits per heavy atom. The standard InChI is InChI=1S/C64H113N2O6P/c1-6-8-10-12-14-16-18-20-22-24-26-28-30-32-33-34-36-38-40-42-44-46-48-50-52-54-56-58-64(68)65-62(61-72-73(69,70)71-60-59-66(3,4)5)63(67)57-55-53-51-49-47-45-43-41-39-37-35-31-29-27-25-23-21-19-17-15-13-11-9-7-2/h8,10,14,16,20,22,26,28,32-33,36,38,42,44,47,49,55,57,62-63,67H,6-7,9,11-13,15,17-19,21,23-25,27,29-31,34-35,37,39-41,43,45-46,48,50-54,56,58-61H2,1-5H3,(H-,65,68,69,70)/b10-8-,16-14-,22-20-,28-26-,33-32-,38-36-,44-42-,49-47+,57-55+. The second-order valence-corrected chi connectivity index (χ2v) is 22.4. The Bertz CT molecular complexity index is 1550. The fourth-order valence-corrected chi connectivity index (χ4v) is 8.81. The number of carbonyl (C=O) groups excluding carboxylic acids is 1. The third-order valence-corrected chi connectivity index (χ3v) is 13.7. The first-order chi connectivity index (χ1) is 35.5. The number of aliphatic hydroxyl groups is 1. The molecule has 420 valence electrons. The lowest BCUT2D eigenvalue weighted by molar-refractivity contribution is -0.870. The number of quaternary nitrogens is 1. The normalized spacial score (nSPS) is 14.7. The van der Waals surface area contributed by atoms with Crippen molar-refractivity contribution in [3.05, 3.63) is 109 Å². The van der Waals surface area contributed by atoms with Gasteiger partial charge >= 0.3 is 0 Å². The number of nitrogens with zero attached hydrogens (tertiary/aromatic N) is 1. The Labute approximate surface area is 451 Å². The maximum Gasteiger partial charge on any atom is 0.268 e. The number of carbonyl (C=O) groups is 1.